The van der Waals surface area contributed by atoms with E-state index in [1.54, 1.807) is 12.0 Å². The van der Waals surface area contributed by atoms with Gasteiger partial charge in [0.15, 0.2) is 5.11 Å². The number of quaternary nitrogens is 1. The molecule has 0 aliphatic carbocycles. The number of nitrogens with zero attached hydrogens (tertiary/aromatic N) is 1. The average molecular weight is 371 g/mol. The summed E-state index contributed by atoms with van der Waals surface area (Å²) in [7, 11) is 3.94. The van der Waals surface area contributed by atoms with E-state index in [1.807, 2.05) is 18.2 Å². The number of nitrogens with one attached hydrogen (secondary N) is 2. The van der Waals surface area contributed by atoms with Crippen molar-refractivity contribution in [2.45, 2.75) is 38.6 Å². The molecule has 0 spiro atoms. The third-order valence-corrected chi connectivity index (χ3v) is 5.46. The van der Waals surface area contributed by atoms with Gasteiger partial charge in [-0.3, -0.25) is 0 Å². The molecule has 24 heavy (non-hydrogen) atoms. The summed E-state index contributed by atoms with van der Waals surface area (Å²) in [6, 6.07) is 6.39. The fraction of sp³-hybridized carbons (Fsp3) is 0.611. The number of piperidine rings is 1. The van der Waals surface area contributed by atoms with E-state index in [4.69, 9.17) is 28.6 Å². The highest BCUT2D eigenvalue weighted by molar-refractivity contribution is 7.80. The molecule has 6 heteroatoms. The Labute approximate surface area is 156 Å². The Balaban J connectivity index is 1.83. The number of hydrogen-bond acceptors (Lipinski definition) is 2. The van der Waals surface area contributed by atoms with Crippen LogP contribution >= 0.6 is 23.8 Å². The van der Waals surface area contributed by atoms with Crippen molar-refractivity contribution in [1.29, 1.82) is 0 Å². The van der Waals surface area contributed by atoms with Crippen molar-refractivity contribution in [2.75, 3.05) is 39.1 Å². The number of hydrogen-bond donors (Lipinski definition) is 2. The first-order chi connectivity index (χ1) is 11.5. The van der Waals surface area contributed by atoms with Crippen LogP contribution in [0.3, 0.4) is 0 Å². The molecule has 1 unspecified atom stereocenters. The fourth-order valence-corrected chi connectivity index (χ4v) is 3.74. The van der Waals surface area contributed by atoms with Gasteiger partial charge in [-0.15, -0.1) is 0 Å². The number of rotatable bonds is 6. The molecule has 1 fully saturated rings. The second-order valence-corrected chi connectivity index (χ2v) is 7.28. The van der Waals surface area contributed by atoms with Crippen molar-refractivity contribution in [1.82, 2.24) is 4.90 Å². The van der Waals surface area contributed by atoms with Gasteiger partial charge in [0.25, 0.3) is 0 Å². The Kier molecular flexibility index (Phi) is 7.59. The Morgan fingerprint density at radius 3 is 2.71 bits per heavy atom. The highest BCUT2D eigenvalue weighted by Crippen LogP contribution is 2.27. The van der Waals surface area contributed by atoms with Crippen molar-refractivity contribution in [3.8, 4) is 5.75 Å². The minimum atomic E-state index is 0.588. The van der Waals surface area contributed by atoms with Crippen molar-refractivity contribution in [3.63, 3.8) is 0 Å². The number of likely N-dealkylation sites (tertiary alicyclic amines) is 1. The highest BCUT2D eigenvalue weighted by atomic mass is 35.5. The van der Waals surface area contributed by atoms with E-state index in [9.17, 15) is 0 Å². The van der Waals surface area contributed by atoms with Crippen LogP contribution in [-0.2, 0) is 0 Å². The van der Waals surface area contributed by atoms with Crippen LogP contribution in [0.4, 0.5) is 5.69 Å². The minimum Gasteiger partial charge on any atom is -0.495 e. The third kappa shape index (κ3) is 5.23. The van der Waals surface area contributed by atoms with Crippen LogP contribution in [0, 0.1) is 0 Å². The normalized spacial score (nSPS) is 16.8. The maximum Gasteiger partial charge on any atom is 0.173 e. The summed E-state index contributed by atoms with van der Waals surface area (Å²) in [5.41, 5.74) is 0.901. The van der Waals surface area contributed by atoms with Crippen LogP contribution in [0.1, 0.15) is 32.6 Å². The van der Waals surface area contributed by atoms with Crippen molar-refractivity contribution < 1.29 is 9.64 Å². The van der Waals surface area contributed by atoms with E-state index < -0.39 is 0 Å². The topological polar surface area (TPSA) is 28.9 Å². The molecule has 134 valence electrons. The Hall–Kier alpha value is -1.04. The highest BCUT2D eigenvalue weighted by Gasteiger charge is 2.26. The Morgan fingerprint density at radius 2 is 2.12 bits per heavy atom. The van der Waals surface area contributed by atoms with Gasteiger partial charge in [-0.2, -0.15) is 0 Å². The zero-order chi connectivity index (χ0) is 17.5. The van der Waals surface area contributed by atoms with E-state index in [0.29, 0.717) is 10.8 Å². The van der Waals surface area contributed by atoms with Crippen molar-refractivity contribution in [3.05, 3.63) is 23.2 Å². The number of halogens is 1. The first-order valence-electron chi connectivity index (χ1n) is 8.77. The van der Waals surface area contributed by atoms with E-state index in [-0.39, 0.29) is 0 Å². The van der Waals surface area contributed by atoms with Crippen LogP contribution < -0.4 is 15.0 Å². The Morgan fingerprint density at radius 1 is 1.42 bits per heavy atom. The van der Waals surface area contributed by atoms with Crippen LogP contribution in [0.5, 0.6) is 5.75 Å². The number of unbranched alkanes of at least 4 members (excludes halogenated alkanes) is 1. The van der Waals surface area contributed by atoms with Gasteiger partial charge in [0.2, 0.25) is 0 Å². The number of anilines is 1. The SMILES string of the molecule is CCCC[NH+](C)C1CCN(C(=S)Nc2ccc(OC)c(Cl)c2)CC1. The van der Waals surface area contributed by atoms with Gasteiger partial charge < -0.3 is 19.9 Å². The molecule has 0 radical (unpaired) electrons. The monoisotopic (exact) mass is 370 g/mol. The van der Waals surface area contributed by atoms with E-state index in [0.717, 1.165) is 29.9 Å². The summed E-state index contributed by atoms with van der Waals surface area (Å²) >= 11 is 11.7. The molecule has 0 aromatic heterocycles. The molecule has 1 aromatic rings. The first kappa shape index (κ1) is 19.3. The summed E-state index contributed by atoms with van der Waals surface area (Å²) in [6.07, 6.45) is 4.97. The second-order valence-electron chi connectivity index (χ2n) is 6.49. The van der Waals surface area contributed by atoms with E-state index in [1.165, 1.54) is 32.2 Å². The van der Waals surface area contributed by atoms with Gasteiger partial charge in [-0.25, -0.2) is 0 Å². The number of methoxy groups -OCH3 is 1. The van der Waals surface area contributed by atoms with Gasteiger partial charge in [-0.1, -0.05) is 24.9 Å². The molecule has 1 heterocycles. The molecule has 0 saturated carbocycles. The molecule has 0 amide bonds. The fourth-order valence-electron chi connectivity index (χ4n) is 3.18. The summed E-state index contributed by atoms with van der Waals surface area (Å²) in [4.78, 5) is 3.93. The van der Waals surface area contributed by atoms with E-state index >= 15 is 0 Å². The molecule has 4 nitrogen and oxygen atoms in total. The summed E-state index contributed by atoms with van der Waals surface area (Å²) in [5.74, 6) is 0.673. The average Bonchev–Trinajstić information content (AvgIpc) is 2.60. The van der Waals surface area contributed by atoms with Crippen LogP contribution in [-0.4, -0.2) is 49.8 Å². The summed E-state index contributed by atoms with van der Waals surface area (Å²) in [5, 5.41) is 4.66. The summed E-state index contributed by atoms with van der Waals surface area (Å²) in [6.45, 7) is 5.56. The van der Waals surface area contributed by atoms with Crippen LogP contribution in [0.15, 0.2) is 18.2 Å². The zero-order valence-corrected chi connectivity index (χ0v) is 16.5. The quantitative estimate of drug-likeness (QED) is 0.753. The molecule has 1 atom stereocenters. The summed E-state index contributed by atoms with van der Waals surface area (Å²) < 4.78 is 5.18. The van der Waals surface area contributed by atoms with Gasteiger partial charge in [-0.05, 0) is 36.8 Å². The number of ether oxygens (including phenoxy) is 1. The smallest absolute Gasteiger partial charge is 0.173 e. The van der Waals surface area contributed by atoms with E-state index in [2.05, 4.69) is 24.2 Å². The molecule has 2 rings (SSSR count). The minimum absolute atomic E-state index is 0.588. The zero-order valence-electron chi connectivity index (χ0n) is 14.9. The lowest BCUT2D eigenvalue weighted by Gasteiger charge is -2.36. The molecule has 1 aliphatic rings. The van der Waals surface area contributed by atoms with Crippen molar-refractivity contribution in [2.24, 2.45) is 0 Å². The third-order valence-electron chi connectivity index (χ3n) is 4.81. The van der Waals surface area contributed by atoms with Gasteiger partial charge in [0, 0.05) is 31.6 Å². The predicted molar refractivity (Wildman–Crippen MR) is 105 cm³/mol. The molecule has 1 aromatic carbocycles. The first-order valence-corrected chi connectivity index (χ1v) is 9.55. The van der Waals surface area contributed by atoms with Gasteiger partial charge in [0.05, 0.1) is 31.8 Å². The lowest BCUT2D eigenvalue weighted by Crippen LogP contribution is -3.13. The lowest BCUT2D eigenvalue weighted by atomic mass is 10.0. The molecular weight excluding hydrogens is 342 g/mol. The van der Waals surface area contributed by atoms with Crippen molar-refractivity contribution >= 4 is 34.6 Å². The largest absolute Gasteiger partial charge is 0.495 e. The molecule has 1 aliphatic heterocycles. The number of benzene rings is 1. The predicted octanol–water partition coefficient (Wildman–Crippen LogP) is 2.82. The van der Waals surface area contributed by atoms with Crippen LogP contribution in [0.25, 0.3) is 0 Å². The number of thiocarbonyl (C=S) groups is 1. The van der Waals surface area contributed by atoms with Crippen LogP contribution in [0.2, 0.25) is 5.02 Å². The van der Waals surface area contributed by atoms with Gasteiger partial charge in [0.1, 0.15) is 5.75 Å². The molecular formula is C18H29ClN3OS+. The lowest BCUT2D eigenvalue weighted by molar-refractivity contribution is -0.907. The maximum atomic E-state index is 6.17. The van der Waals surface area contributed by atoms with Gasteiger partial charge >= 0.3 is 0 Å². The Bertz CT molecular complexity index is 547. The molecule has 0 bridgehead atoms. The maximum absolute atomic E-state index is 6.17. The standard InChI is InChI=1S/C18H28ClN3OS/c1-4-5-10-21(2)15-8-11-22(12-9-15)18(24)20-14-6-7-17(23-3)16(19)13-14/h6-7,13,15H,4-5,8-12H2,1-3H3,(H,20,24)/p+1. The molecule has 1 saturated heterocycles. The molecule has 2 N–H and O–H groups in total. The second kappa shape index (κ2) is 9.44.